The molecular formula is C40H54N4O4S. The number of ether oxygens (including phenoxy) is 1. The van der Waals surface area contributed by atoms with Gasteiger partial charge in [0.05, 0.1) is 9.79 Å². The lowest BCUT2D eigenvalue weighted by atomic mass is 9.63. The summed E-state index contributed by atoms with van der Waals surface area (Å²) in [4.78, 5) is 20.8. The number of carbonyl (C=O) groups excluding carboxylic acids is 1. The van der Waals surface area contributed by atoms with Gasteiger partial charge in [0.1, 0.15) is 6.10 Å². The molecule has 6 rings (SSSR count). The molecule has 9 heteroatoms. The monoisotopic (exact) mass is 686 g/mol. The maximum Gasteiger partial charge on any atom is 0.407 e. The van der Waals surface area contributed by atoms with E-state index in [1.165, 1.54) is 18.4 Å². The average Bonchev–Trinajstić information content (AvgIpc) is 3.63. The molecule has 3 saturated heterocycles. The molecule has 49 heavy (non-hydrogen) atoms. The molecule has 8 nitrogen and oxygen atoms in total. The normalized spacial score (nSPS) is 20.0. The Labute approximate surface area is 293 Å². The largest absolute Gasteiger partial charge is 0.446 e. The first-order valence-corrected chi connectivity index (χ1v) is 19.8. The zero-order valence-corrected chi connectivity index (χ0v) is 30.1. The number of nitrogens with zero attached hydrogens (tertiary/aromatic N) is 3. The molecule has 3 heterocycles. The zero-order valence-electron chi connectivity index (χ0n) is 29.3. The number of piperidine rings is 1. The summed E-state index contributed by atoms with van der Waals surface area (Å²) < 4.78 is 32.1. The van der Waals surface area contributed by atoms with E-state index in [0.29, 0.717) is 21.6 Å². The lowest BCUT2D eigenvalue weighted by molar-refractivity contribution is 0.0298. The van der Waals surface area contributed by atoms with Gasteiger partial charge in [-0.05, 0) is 113 Å². The summed E-state index contributed by atoms with van der Waals surface area (Å²) in [5.74, 6) is 1.10. The Kier molecular flexibility index (Phi) is 11.6. The van der Waals surface area contributed by atoms with E-state index in [0.717, 1.165) is 90.1 Å². The molecule has 0 radical (unpaired) electrons. The van der Waals surface area contributed by atoms with Crippen molar-refractivity contribution in [3.63, 3.8) is 0 Å². The Hall–Kier alpha value is -3.40. The molecule has 1 amide bonds. The summed E-state index contributed by atoms with van der Waals surface area (Å²) >= 11 is 0. The Morgan fingerprint density at radius 2 is 1.47 bits per heavy atom. The molecule has 264 valence electrons. The van der Waals surface area contributed by atoms with Crippen LogP contribution in [0.2, 0.25) is 0 Å². The third kappa shape index (κ3) is 8.33. The maximum absolute atomic E-state index is 13.0. The van der Waals surface area contributed by atoms with Crippen molar-refractivity contribution in [2.75, 3.05) is 64.3 Å². The second-order valence-corrected chi connectivity index (χ2v) is 16.4. The van der Waals surface area contributed by atoms with Crippen LogP contribution in [-0.4, -0.2) is 89.8 Å². The fourth-order valence-electron chi connectivity index (χ4n) is 8.56. The molecule has 0 saturated carbocycles. The minimum absolute atomic E-state index is 0.0844. The summed E-state index contributed by atoms with van der Waals surface area (Å²) in [7, 11) is -1.86. The van der Waals surface area contributed by atoms with Crippen LogP contribution in [0.25, 0.3) is 0 Å². The molecule has 0 aliphatic carbocycles. The summed E-state index contributed by atoms with van der Waals surface area (Å²) in [6.45, 7) is 10.7. The first-order valence-electron chi connectivity index (χ1n) is 18.3. The smallest absolute Gasteiger partial charge is 0.407 e. The number of rotatable bonds is 14. The van der Waals surface area contributed by atoms with Gasteiger partial charge >= 0.3 is 6.09 Å². The van der Waals surface area contributed by atoms with Gasteiger partial charge in [0, 0.05) is 50.2 Å². The van der Waals surface area contributed by atoms with Gasteiger partial charge < -0.3 is 24.8 Å². The number of hydrogen-bond donors (Lipinski definition) is 1. The topological polar surface area (TPSA) is 82.2 Å². The van der Waals surface area contributed by atoms with Gasteiger partial charge in [-0.25, -0.2) is 13.2 Å². The van der Waals surface area contributed by atoms with E-state index in [1.807, 2.05) is 18.2 Å². The average molecular weight is 687 g/mol. The minimum Gasteiger partial charge on any atom is -0.446 e. The van der Waals surface area contributed by atoms with Crippen LogP contribution in [0.1, 0.15) is 57.4 Å². The molecule has 3 aromatic rings. The highest BCUT2D eigenvalue weighted by Gasteiger charge is 2.45. The highest BCUT2D eigenvalue weighted by atomic mass is 32.2. The number of hydrogen-bond acceptors (Lipinski definition) is 7. The second kappa shape index (κ2) is 16.1. The number of nitrogens with one attached hydrogen (secondary N) is 1. The lowest BCUT2D eigenvalue weighted by Crippen LogP contribution is -2.54. The highest BCUT2D eigenvalue weighted by Crippen LogP contribution is 2.45. The standard InChI is InChI=1S/C40H54N4O4S/c1-3-12-36(48-39(45)41-2)27-40(31-43-23-10-11-24-43,33-13-6-4-7-14-33)34-21-25-42(26-22-34)28-32-29-44(30-32)35-17-19-38(20-18-35)49(46,47)37-15-8-5-9-16-37/h4-9,13-20,32,34,36H,3,10-12,21-31H2,1-2H3,(H,41,45)/t36-,40?/m1/s1. The molecule has 2 atom stereocenters. The number of sulfone groups is 1. The van der Waals surface area contributed by atoms with Crippen molar-refractivity contribution < 1.29 is 17.9 Å². The summed E-state index contributed by atoms with van der Waals surface area (Å²) in [5, 5.41) is 2.69. The van der Waals surface area contributed by atoms with Crippen LogP contribution in [0.15, 0.2) is 94.7 Å². The van der Waals surface area contributed by atoms with E-state index >= 15 is 0 Å². The molecule has 0 spiro atoms. The molecule has 1 N–H and O–H groups in total. The lowest BCUT2D eigenvalue weighted by Gasteiger charge is -2.49. The molecule has 1 unspecified atom stereocenters. The number of amides is 1. The Morgan fingerprint density at radius 1 is 0.857 bits per heavy atom. The van der Waals surface area contributed by atoms with Gasteiger partial charge in [-0.1, -0.05) is 61.9 Å². The van der Waals surface area contributed by atoms with Crippen molar-refractivity contribution in [3.05, 3.63) is 90.5 Å². The quantitative estimate of drug-likeness (QED) is 0.204. The number of anilines is 1. The third-order valence-corrected chi connectivity index (χ3v) is 12.9. The number of carbonyl (C=O) groups is 1. The van der Waals surface area contributed by atoms with Crippen LogP contribution < -0.4 is 10.2 Å². The molecular weight excluding hydrogens is 633 g/mol. The van der Waals surface area contributed by atoms with Crippen LogP contribution in [0.4, 0.5) is 10.5 Å². The van der Waals surface area contributed by atoms with Gasteiger partial charge in [0.25, 0.3) is 0 Å². The number of likely N-dealkylation sites (tertiary alicyclic amines) is 2. The van der Waals surface area contributed by atoms with Crippen molar-refractivity contribution in [1.29, 1.82) is 0 Å². The Bertz CT molecular complexity index is 1580. The second-order valence-electron chi connectivity index (χ2n) is 14.4. The first-order chi connectivity index (χ1) is 23.8. The van der Waals surface area contributed by atoms with Crippen LogP contribution in [0, 0.1) is 11.8 Å². The van der Waals surface area contributed by atoms with Gasteiger partial charge in [0.2, 0.25) is 9.84 Å². The molecule has 3 aliphatic rings. The SMILES string of the molecule is CCC[C@H](CC(CN1CCCC1)(c1ccccc1)C1CCN(CC2CN(c3ccc(S(=O)(=O)c4ccccc4)cc3)C2)CC1)OC(=O)NC. The molecule has 0 aromatic heterocycles. The number of alkyl carbamates (subject to hydrolysis) is 1. The molecule has 3 aromatic carbocycles. The van der Waals surface area contributed by atoms with Crippen LogP contribution in [-0.2, 0) is 20.0 Å². The zero-order chi connectivity index (χ0) is 34.3. The van der Waals surface area contributed by atoms with E-state index < -0.39 is 9.84 Å². The Morgan fingerprint density at radius 3 is 2.08 bits per heavy atom. The number of benzene rings is 3. The molecule has 0 bridgehead atoms. The van der Waals surface area contributed by atoms with Crippen LogP contribution >= 0.6 is 0 Å². The van der Waals surface area contributed by atoms with Crippen molar-refractivity contribution >= 4 is 21.6 Å². The fraction of sp³-hybridized carbons (Fsp3) is 0.525. The fourth-order valence-corrected chi connectivity index (χ4v) is 9.84. The minimum atomic E-state index is -3.51. The Balaban J connectivity index is 1.09. The van der Waals surface area contributed by atoms with Crippen molar-refractivity contribution in [2.24, 2.45) is 11.8 Å². The van der Waals surface area contributed by atoms with E-state index in [9.17, 15) is 13.2 Å². The van der Waals surface area contributed by atoms with Gasteiger partial charge in [-0.15, -0.1) is 0 Å². The van der Waals surface area contributed by atoms with E-state index in [1.54, 1.807) is 43.4 Å². The first kappa shape index (κ1) is 35.4. The van der Waals surface area contributed by atoms with E-state index in [4.69, 9.17) is 4.74 Å². The third-order valence-electron chi connectivity index (χ3n) is 11.1. The highest BCUT2D eigenvalue weighted by molar-refractivity contribution is 7.91. The maximum atomic E-state index is 13.0. The molecule has 3 fully saturated rings. The predicted molar refractivity (Wildman–Crippen MR) is 196 cm³/mol. The summed E-state index contributed by atoms with van der Waals surface area (Å²) in [6.07, 6.45) is 7.01. The van der Waals surface area contributed by atoms with Gasteiger partial charge in [0.15, 0.2) is 0 Å². The summed E-state index contributed by atoms with van der Waals surface area (Å²) in [5.41, 5.74) is 2.38. The van der Waals surface area contributed by atoms with Crippen LogP contribution in [0.5, 0.6) is 0 Å². The summed E-state index contributed by atoms with van der Waals surface area (Å²) in [6, 6.07) is 27.1. The van der Waals surface area contributed by atoms with E-state index in [-0.39, 0.29) is 17.6 Å². The predicted octanol–water partition coefficient (Wildman–Crippen LogP) is 6.62. The van der Waals surface area contributed by atoms with Crippen LogP contribution in [0.3, 0.4) is 0 Å². The van der Waals surface area contributed by atoms with Crippen molar-refractivity contribution in [1.82, 2.24) is 15.1 Å². The van der Waals surface area contributed by atoms with Gasteiger partial charge in [-0.2, -0.15) is 0 Å². The van der Waals surface area contributed by atoms with Crippen molar-refractivity contribution in [3.8, 4) is 0 Å². The van der Waals surface area contributed by atoms with Gasteiger partial charge in [-0.3, -0.25) is 0 Å². The van der Waals surface area contributed by atoms with Crippen molar-refractivity contribution in [2.45, 2.75) is 73.2 Å². The van der Waals surface area contributed by atoms with E-state index in [2.05, 4.69) is 57.3 Å². The molecule has 3 aliphatic heterocycles.